The molecule has 0 spiro atoms. The van der Waals surface area contributed by atoms with Gasteiger partial charge in [-0.1, -0.05) is 84.9 Å². The molecule has 0 radical (unpaired) electrons. The zero-order valence-corrected chi connectivity index (χ0v) is 75.7. The van der Waals surface area contributed by atoms with Gasteiger partial charge in [0, 0.05) is 152 Å². The van der Waals surface area contributed by atoms with E-state index in [1.165, 1.54) is 18.9 Å². The monoisotopic (exact) mass is 1840 g/mol. The Hall–Kier alpha value is -13.1. The normalized spacial score (nSPS) is 20.1. The average Bonchev–Trinajstić information content (AvgIpc) is 1.60. The van der Waals surface area contributed by atoms with Crippen molar-refractivity contribution in [3.63, 3.8) is 0 Å². The number of carboxylic acid groups (broad SMARTS) is 1. The second-order valence-corrected chi connectivity index (χ2v) is 34.9. The van der Waals surface area contributed by atoms with Crippen LogP contribution >= 0.6 is 0 Å². The number of nitrogens with two attached hydrogens (primary N) is 3. The molecule has 2 unspecified atom stereocenters. The van der Waals surface area contributed by atoms with Crippen LogP contribution in [0, 0.1) is 0 Å². The maximum Gasteiger partial charge on any atom is 0.303 e. The van der Waals surface area contributed by atoms with E-state index in [0.29, 0.717) is 106 Å². The molecule has 6 fully saturated rings. The predicted octanol–water partition coefficient (Wildman–Crippen LogP) is 9.43. The number of amides is 9. The van der Waals surface area contributed by atoms with Gasteiger partial charge in [-0.3, -0.25) is 88.0 Å². The minimum Gasteiger partial charge on any atom is -0.481 e. The summed E-state index contributed by atoms with van der Waals surface area (Å²) in [6.07, 6.45) is 17.2. The van der Waals surface area contributed by atoms with Gasteiger partial charge in [0.25, 0.3) is 23.6 Å². The number of nitrogens with zero attached hydrogens (tertiary/aromatic N) is 12. The van der Waals surface area contributed by atoms with Gasteiger partial charge in [0.05, 0.1) is 85.9 Å². The number of imide groups is 4. The Labute approximate surface area is 781 Å². The molecule has 6 aliphatic heterocycles. The van der Waals surface area contributed by atoms with E-state index in [9.17, 15) is 47.9 Å². The van der Waals surface area contributed by atoms with Gasteiger partial charge in [-0.05, 0) is 160 Å². The topological polar surface area (TPSA) is 441 Å². The van der Waals surface area contributed by atoms with Gasteiger partial charge in [0.15, 0.2) is 0 Å². The zero-order chi connectivity index (χ0) is 93.9. The van der Waals surface area contributed by atoms with E-state index in [2.05, 4.69) is 91.3 Å². The number of hydrogen-bond acceptors (Lipinski definition) is 27. The van der Waals surface area contributed by atoms with Crippen molar-refractivity contribution in [2.75, 3.05) is 143 Å². The van der Waals surface area contributed by atoms with Crippen LogP contribution in [0.5, 0.6) is 23.0 Å². The molecule has 10 N–H and O–H groups in total. The lowest BCUT2D eigenvalue weighted by atomic mass is 9.89. The van der Waals surface area contributed by atoms with Gasteiger partial charge in [-0.15, -0.1) is 0 Å². The molecule has 18 rings (SSSR count). The van der Waals surface area contributed by atoms with Crippen molar-refractivity contribution in [2.24, 2.45) is 5.73 Å². The Morgan fingerprint density at radius 1 is 0.415 bits per heavy atom. The highest BCUT2D eigenvalue weighted by Crippen LogP contribution is 2.43. The number of anilines is 2. The van der Waals surface area contributed by atoms with Gasteiger partial charge in [-0.25, -0.2) is 19.9 Å². The third-order valence-electron chi connectivity index (χ3n) is 26.5. The van der Waals surface area contributed by atoms with Crippen LogP contribution in [0.1, 0.15) is 155 Å². The minimum absolute atomic E-state index is 0.0476. The Bertz CT molecular complexity index is 5870. The predicted molar refractivity (Wildman–Crippen MR) is 502 cm³/mol. The van der Waals surface area contributed by atoms with Crippen molar-refractivity contribution in [2.45, 2.75) is 139 Å². The maximum absolute atomic E-state index is 13.3. The van der Waals surface area contributed by atoms with E-state index >= 15 is 0 Å². The molecule has 2 saturated carbocycles. The van der Waals surface area contributed by atoms with E-state index in [-0.39, 0.29) is 79.5 Å². The Morgan fingerprint density at radius 3 is 1.21 bits per heavy atom. The van der Waals surface area contributed by atoms with Crippen LogP contribution in [0.4, 0.5) is 11.6 Å². The number of nitrogen functional groups attached to an aromatic ring is 2. The lowest BCUT2D eigenvalue weighted by Gasteiger charge is -2.42. The van der Waals surface area contributed by atoms with Crippen molar-refractivity contribution in [1.82, 2.24) is 74.4 Å². The number of carbonyl (C=O) groups excluding carboxylic acids is 9. The molecular weight excluding hydrogens is 1730 g/mol. The molecule has 2 aliphatic carbocycles. The van der Waals surface area contributed by atoms with E-state index in [1.807, 2.05) is 84.9 Å². The van der Waals surface area contributed by atoms with Gasteiger partial charge in [-0.2, -0.15) is 0 Å². The molecular formula is C100H116N18O17. The highest BCUT2D eigenvalue weighted by atomic mass is 16.5. The molecule has 8 aliphatic rings. The van der Waals surface area contributed by atoms with E-state index in [1.54, 1.807) is 43.0 Å². The lowest BCUT2D eigenvalue weighted by Crippen LogP contribution is -2.54. The van der Waals surface area contributed by atoms with Crippen LogP contribution in [-0.4, -0.2) is 278 Å². The number of piperazine rings is 2. The number of piperidine rings is 2. The lowest BCUT2D eigenvalue weighted by molar-refractivity contribution is -0.137. The van der Waals surface area contributed by atoms with Crippen LogP contribution in [-0.2, 0) is 60.6 Å². The molecule has 708 valence electrons. The van der Waals surface area contributed by atoms with Crippen molar-refractivity contribution >= 4 is 92.8 Å². The smallest absolute Gasteiger partial charge is 0.303 e. The van der Waals surface area contributed by atoms with Crippen molar-refractivity contribution in [1.29, 1.82) is 0 Å². The quantitative estimate of drug-likeness (QED) is 0.0143. The van der Waals surface area contributed by atoms with Crippen molar-refractivity contribution < 1.29 is 81.5 Å². The molecule has 10 heterocycles. The highest BCUT2D eigenvalue weighted by Gasteiger charge is 2.48. The summed E-state index contributed by atoms with van der Waals surface area (Å²) in [5.41, 5.74) is 26.1. The third kappa shape index (κ3) is 23.1. The van der Waals surface area contributed by atoms with Gasteiger partial charge in [0.1, 0.15) is 70.7 Å². The van der Waals surface area contributed by atoms with Crippen LogP contribution in [0.15, 0.2) is 171 Å². The maximum atomic E-state index is 13.3. The Morgan fingerprint density at radius 2 is 0.807 bits per heavy atom. The molecule has 2 atom stereocenters. The SMILES string of the molecule is NCCOCCOCCN1CCN(C2CCC(n3cc(-c4ccc(Oc5ccccc5)cc4)c4c(N)ncnc43)CC2)CC1.Nc1ncnc2c1c(-c1ccc(Oc3ccccc3)cc1)cn2C1CCC(N2CCN(CCOCCOCCNC(=O)CCc3cccc4c3C(=O)N(C3CCC(=O)NC3=O)C4=O)CC2)CC1.O=C(O)CCc1cccc2c1C(=O)N(C1CCC(=O)NC1=O)C2=O. The number of ether oxygens (including phenoxy) is 6. The van der Waals surface area contributed by atoms with Crippen LogP contribution in [0.25, 0.3) is 44.3 Å². The molecule has 6 aromatic carbocycles. The summed E-state index contributed by atoms with van der Waals surface area (Å²) in [6.45, 7) is 15.7. The minimum atomic E-state index is -1.04. The summed E-state index contributed by atoms with van der Waals surface area (Å²) >= 11 is 0. The number of hydrogen-bond donors (Lipinski definition) is 7. The molecule has 35 heteroatoms. The molecule has 4 saturated heterocycles. The molecule has 10 aromatic rings. The van der Waals surface area contributed by atoms with E-state index in [0.717, 1.165) is 188 Å². The molecule has 9 amide bonds. The van der Waals surface area contributed by atoms with Crippen LogP contribution < -0.4 is 42.6 Å². The number of para-hydroxylation sites is 2. The zero-order valence-electron chi connectivity index (χ0n) is 75.7. The van der Waals surface area contributed by atoms with Gasteiger partial charge >= 0.3 is 5.97 Å². The third-order valence-corrected chi connectivity index (χ3v) is 26.5. The number of aryl methyl sites for hydroxylation is 2. The van der Waals surface area contributed by atoms with Crippen molar-refractivity contribution in [3.05, 3.63) is 204 Å². The first-order valence-electron chi connectivity index (χ1n) is 46.8. The molecule has 135 heavy (non-hydrogen) atoms. The highest BCUT2D eigenvalue weighted by molar-refractivity contribution is 6.25. The largest absolute Gasteiger partial charge is 0.481 e. The fourth-order valence-corrected chi connectivity index (χ4v) is 19.5. The summed E-state index contributed by atoms with van der Waals surface area (Å²) in [7, 11) is 0. The first-order valence-corrected chi connectivity index (χ1v) is 46.8. The number of carbonyl (C=O) groups is 10. The number of benzene rings is 6. The first kappa shape index (κ1) is 95.1. The summed E-state index contributed by atoms with van der Waals surface area (Å²) < 4.78 is 39.4. The molecule has 4 aromatic heterocycles. The Kier molecular flexibility index (Phi) is 31.9. The number of aliphatic carboxylic acids is 1. The van der Waals surface area contributed by atoms with Gasteiger partial charge in [0.2, 0.25) is 29.5 Å². The van der Waals surface area contributed by atoms with E-state index in [4.69, 9.17) is 60.7 Å². The fourth-order valence-electron chi connectivity index (χ4n) is 19.5. The van der Waals surface area contributed by atoms with E-state index < -0.39 is 65.3 Å². The van der Waals surface area contributed by atoms with Crippen LogP contribution in [0.3, 0.4) is 0 Å². The summed E-state index contributed by atoms with van der Waals surface area (Å²) in [5, 5.41) is 17.8. The number of aromatic nitrogens is 6. The second kappa shape index (κ2) is 45.3. The summed E-state index contributed by atoms with van der Waals surface area (Å²) in [4.78, 5) is 153. The van der Waals surface area contributed by atoms with Crippen LogP contribution in [0.2, 0.25) is 0 Å². The number of nitrogens with one attached hydrogen (secondary N) is 3. The number of carboxylic acids is 1. The standard InChI is InChI=1S/C50H57N9O8.C34H45N7O3.C16H14N2O6/c51-46-45-40(33-9-16-38(17-10-33)67-37-6-2-1-3-7-37)31-58(47(45)54-32-53-46)36-14-12-35(13-15-36)57-24-22-56(23-25-57)26-28-66-30-29-65-27-21-52-42(60)19-11-34-5-4-8-39-44(34)50(64)59(49(39)63)41-18-20-43(61)55-48(41)62;35-14-20-42-22-23-43-21-19-39-15-17-40(18-16-39)27-8-10-28(11-9-27)41-24-31(32-33(36)37-25-38-34(32)41)26-6-12-30(13-7-26)44-29-4-2-1-3-5-29;19-11-6-5-10(14(22)17-11)18-15(23)9-3-1-2-8(4-7-12(20)21)13(9)16(18)24/h1-10,16-17,31-32,35-36,41H,11-15,18-30H2,(H,52,60)(H2,51,53,54)(H,55,61,62);1-7,12-13,24-25,27-28H,8-11,14-23,35H2,(H2,36,37,38);1-3,10H,4-7H2,(H,20,21)(H,17,19,22). The van der Waals surface area contributed by atoms with Crippen molar-refractivity contribution in [3.8, 4) is 45.3 Å². The fraction of sp³-hybridized carbons (Fsp3) is 0.420. The Balaban J connectivity index is 0.000000165. The molecule has 35 nitrogen and oxygen atoms in total. The molecule has 0 bridgehead atoms. The average molecular weight is 1840 g/mol. The second-order valence-electron chi connectivity index (χ2n) is 34.9. The summed E-state index contributed by atoms with van der Waals surface area (Å²) in [5.74, 6) is -1.59. The first-order chi connectivity index (χ1) is 65.8. The van der Waals surface area contributed by atoms with Gasteiger partial charge < -0.3 is 65.2 Å². The number of rotatable bonds is 35. The number of fused-ring (bicyclic) bond motifs is 4. The summed E-state index contributed by atoms with van der Waals surface area (Å²) in [6, 6.07) is 45.3.